The van der Waals surface area contributed by atoms with Crippen molar-refractivity contribution < 1.29 is 9.13 Å². The third-order valence-corrected chi connectivity index (χ3v) is 4.64. The summed E-state index contributed by atoms with van der Waals surface area (Å²) < 4.78 is 18.9. The minimum atomic E-state index is -0.443. The molecule has 0 N–H and O–H groups in total. The van der Waals surface area contributed by atoms with E-state index in [1.165, 1.54) is 22.6 Å². The normalized spacial score (nSPS) is 17.3. The van der Waals surface area contributed by atoms with Crippen molar-refractivity contribution in [2.24, 2.45) is 0 Å². The first-order valence-corrected chi connectivity index (χ1v) is 7.30. The fraction of sp³-hybridized carbons (Fsp3) is 0.200. The number of hydrogen-bond acceptors (Lipinski definition) is 2. The molecule has 0 fully saturated rings. The summed E-state index contributed by atoms with van der Waals surface area (Å²) in [5.41, 5.74) is 1.36. The van der Waals surface area contributed by atoms with Crippen LogP contribution >= 0.6 is 23.4 Å². The fourth-order valence-electron chi connectivity index (χ4n) is 2.10. The van der Waals surface area contributed by atoms with Crippen molar-refractivity contribution in [1.29, 1.82) is 0 Å². The summed E-state index contributed by atoms with van der Waals surface area (Å²) >= 11 is 7.45. The Morgan fingerprint density at radius 1 is 1.26 bits per heavy atom. The lowest BCUT2D eigenvalue weighted by Gasteiger charge is -2.11. The summed E-state index contributed by atoms with van der Waals surface area (Å²) in [7, 11) is 0. The van der Waals surface area contributed by atoms with Crippen LogP contribution in [0.25, 0.3) is 0 Å². The molecule has 1 unspecified atom stereocenters. The van der Waals surface area contributed by atoms with Crippen molar-refractivity contribution in [1.82, 2.24) is 0 Å². The minimum Gasteiger partial charge on any atom is -0.492 e. The van der Waals surface area contributed by atoms with E-state index in [-0.39, 0.29) is 5.02 Å². The van der Waals surface area contributed by atoms with E-state index in [4.69, 9.17) is 16.3 Å². The maximum atomic E-state index is 13.3. The van der Waals surface area contributed by atoms with E-state index in [0.29, 0.717) is 17.6 Å². The number of rotatable bonds is 3. The minimum absolute atomic E-state index is 0.120. The molecule has 0 amide bonds. The van der Waals surface area contributed by atoms with Crippen LogP contribution in [-0.4, -0.2) is 11.9 Å². The van der Waals surface area contributed by atoms with Crippen molar-refractivity contribution in [3.63, 3.8) is 0 Å². The molecule has 3 rings (SSSR count). The number of fused-ring (bicyclic) bond motifs is 1. The monoisotopic (exact) mass is 294 g/mol. The predicted molar refractivity (Wildman–Crippen MR) is 76.7 cm³/mol. The summed E-state index contributed by atoms with van der Waals surface area (Å²) in [6.45, 7) is 0.570. The van der Waals surface area contributed by atoms with Crippen LogP contribution in [0.2, 0.25) is 5.02 Å². The molecule has 0 saturated carbocycles. The summed E-state index contributed by atoms with van der Waals surface area (Å²) in [6.07, 6.45) is 0.997. The zero-order valence-electron chi connectivity index (χ0n) is 10.1. The van der Waals surface area contributed by atoms with E-state index >= 15 is 0 Å². The van der Waals surface area contributed by atoms with Crippen LogP contribution in [0.1, 0.15) is 5.56 Å². The summed E-state index contributed by atoms with van der Waals surface area (Å²) in [5.74, 6) is 0.0833. The molecule has 19 heavy (non-hydrogen) atoms. The van der Waals surface area contributed by atoms with Crippen LogP contribution in [0, 0.1) is 5.82 Å². The number of ether oxygens (including phenoxy) is 1. The second-order valence-corrected chi connectivity index (χ2v) is 6.19. The first-order valence-electron chi connectivity index (χ1n) is 6.05. The molecular formula is C15H12ClFOS. The number of benzene rings is 2. The van der Waals surface area contributed by atoms with Gasteiger partial charge in [0.15, 0.2) is 0 Å². The van der Waals surface area contributed by atoms with E-state index < -0.39 is 5.82 Å². The van der Waals surface area contributed by atoms with Crippen molar-refractivity contribution >= 4 is 23.4 Å². The number of thioether (sulfide) groups is 1. The first-order chi connectivity index (χ1) is 9.22. The van der Waals surface area contributed by atoms with Crippen LogP contribution in [0.5, 0.6) is 5.75 Å². The molecule has 0 saturated heterocycles. The van der Waals surface area contributed by atoms with Crippen LogP contribution in [0.3, 0.4) is 0 Å². The van der Waals surface area contributed by atoms with Gasteiger partial charge >= 0.3 is 0 Å². The largest absolute Gasteiger partial charge is 0.492 e. The van der Waals surface area contributed by atoms with Gasteiger partial charge < -0.3 is 4.74 Å². The SMILES string of the molecule is Fc1cc(OCC2Cc3ccccc3S2)ccc1Cl. The van der Waals surface area contributed by atoms with Gasteiger partial charge in [-0.3, -0.25) is 0 Å². The average molecular weight is 295 g/mol. The lowest BCUT2D eigenvalue weighted by Crippen LogP contribution is -2.13. The molecule has 0 radical (unpaired) electrons. The van der Waals surface area contributed by atoms with Crippen LogP contribution in [0.4, 0.5) is 4.39 Å². The molecule has 0 aromatic heterocycles. The Labute approximate surface area is 120 Å². The maximum Gasteiger partial charge on any atom is 0.145 e. The predicted octanol–water partition coefficient (Wildman–Crippen LogP) is 4.57. The van der Waals surface area contributed by atoms with E-state index in [2.05, 4.69) is 18.2 Å². The lowest BCUT2D eigenvalue weighted by atomic mass is 10.1. The van der Waals surface area contributed by atoms with E-state index in [1.807, 2.05) is 17.8 Å². The second kappa shape index (κ2) is 5.43. The molecule has 1 nitrogen and oxygen atoms in total. The van der Waals surface area contributed by atoms with Gasteiger partial charge in [-0.15, -0.1) is 11.8 Å². The van der Waals surface area contributed by atoms with Crippen LogP contribution in [0.15, 0.2) is 47.4 Å². The van der Waals surface area contributed by atoms with Gasteiger partial charge in [0, 0.05) is 16.2 Å². The van der Waals surface area contributed by atoms with Gasteiger partial charge in [-0.25, -0.2) is 4.39 Å². The summed E-state index contributed by atoms with van der Waals surface area (Å²) in [5, 5.41) is 0.506. The van der Waals surface area contributed by atoms with Gasteiger partial charge in [0.25, 0.3) is 0 Å². The Hall–Kier alpha value is -1.19. The quantitative estimate of drug-likeness (QED) is 0.820. The summed E-state index contributed by atoms with van der Waals surface area (Å²) in [6, 6.07) is 12.9. The van der Waals surface area contributed by atoms with Crippen molar-refractivity contribution in [3.05, 3.63) is 58.9 Å². The molecule has 2 aromatic carbocycles. The molecule has 0 bridgehead atoms. The standard InChI is InChI=1S/C15H12ClFOS/c16-13-6-5-11(8-14(13)17)18-9-12-7-10-3-1-2-4-15(10)19-12/h1-6,8,12H,7,9H2. The van der Waals surface area contributed by atoms with Crippen molar-refractivity contribution in [3.8, 4) is 5.75 Å². The second-order valence-electron chi connectivity index (χ2n) is 4.44. The highest BCUT2D eigenvalue weighted by atomic mass is 35.5. The van der Waals surface area contributed by atoms with E-state index in [9.17, 15) is 4.39 Å². The highest BCUT2D eigenvalue weighted by Gasteiger charge is 2.22. The lowest BCUT2D eigenvalue weighted by molar-refractivity contribution is 0.316. The average Bonchev–Trinajstić information content (AvgIpc) is 2.83. The Kier molecular flexibility index (Phi) is 3.67. The summed E-state index contributed by atoms with van der Waals surface area (Å²) in [4.78, 5) is 1.32. The molecule has 98 valence electrons. The number of hydrogen-bond donors (Lipinski definition) is 0. The molecular weight excluding hydrogens is 283 g/mol. The molecule has 0 spiro atoms. The van der Waals surface area contributed by atoms with Crippen molar-refractivity contribution in [2.45, 2.75) is 16.6 Å². The molecule has 0 aliphatic carbocycles. The zero-order chi connectivity index (χ0) is 13.2. The molecule has 1 aliphatic rings. The Balaban J connectivity index is 1.61. The van der Waals surface area contributed by atoms with Gasteiger partial charge in [-0.05, 0) is 30.2 Å². The molecule has 2 aromatic rings. The van der Waals surface area contributed by atoms with Crippen molar-refractivity contribution in [2.75, 3.05) is 6.61 Å². The molecule has 1 aliphatic heterocycles. The number of halogens is 2. The Morgan fingerprint density at radius 3 is 2.89 bits per heavy atom. The Bertz CT molecular complexity index is 577. The highest BCUT2D eigenvalue weighted by molar-refractivity contribution is 8.00. The molecule has 1 heterocycles. The van der Waals surface area contributed by atoms with Gasteiger partial charge in [-0.2, -0.15) is 0 Å². The molecule has 1 atom stereocenters. The highest BCUT2D eigenvalue weighted by Crippen LogP contribution is 2.37. The maximum absolute atomic E-state index is 13.3. The first kappa shape index (κ1) is 12.8. The Morgan fingerprint density at radius 2 is 2.11 bits per heavy atom. The smallest absolute Gasteiger partial charge is 0.145 e. The molecule has 4 heteroatoms. The van der Waals surface area contributed by atoms with Gasteiger partial charge in [-0.1, -0.05) is 29.8 Å². The van der Waals surface area contributed by atoms with Gasteiger partial charge in [0.1, 0.15) is 18.2 Å². The third-order valence-electron chi connectivity index (χ3n) is 3.04. The zero-order valence-corrected chi connectivity index (χ0v) is 11.7. The van der Waals surface area contributed by atoms with E-state index in [0.717, 1.165) is 6.42 Å². The van der Waals surface area contributed by atoms with Gasteiger partial charge in [0.05, 0.1) is 5.02 Å². The van der Waals surface area contributed by atoms with Crippen LogP contribution in [-0.2, 0) is 6.42 Å². The topological polar surface area (TPSA) is 9.23 Å². The third kappa shape index (κ3) is 2.88. The fourth-order valence-corrected chi connectivity index (χ4v) is 3.44. The van der Waals surface area contributed by atoms with Gasteiger partial charge in [0.2, 0.25) is 0 Å². The van der Waals surface area contributed by atoms with Crippen LogP contribution < -0.4 is 4.74 Å². The van der Waals surface area contributed by atoms with E-state index in [1.54, 1.807) is 6.07 Å².